The molecule has 1 fully saturated rings. The molecule has 7 heteroatoms. The minimum absolute atomic E-state index is 0. The molecule has 0 saturated carbocycles. The van der Waals surface area contributed by atoms with Crippen molar-refractivity contribution in [2.75, 3.05) is 38.0 Å². The number of nitrogens with one attached hydrogen (secondary N) is 3. The van der Waals surface area contributed by atoms with Gasteiger partial charge in [0.15, 0.2) is 0 Å². The van der Waals surface area contributed by atoms with Gasteiger partial charge in [0.1, 0.15) is 0 Å². The quantitative estimate of drug-likeness (QED) is 0.685. The number of halogens is 1. The summed E-state index contributed by atoms with van der Waals surface area (Å²) in [5.74, 6) is -0.0768. The van der Waals surface area contributed by atoms with E-state index in [1.807, 2.05) is 37.3 Å². The minimum atomic E-state index is -0.138. The van der Waals surface area contributed by atoms with Crippen LogP contribution in [0.15, 0.2) is 30.3 Å². The molecular weight excluding hydrogens is 328 g/mol. The van der Waals surface area contributed by atoms with Crippen molar-refractivity contribution >= 4 is 30.0 Å². The molecule has 0 aromatic heterocycles. The number of piperidine rings is 1. The predicted molar refractivity (Wildman–Crippen MR) is 98.6 cm³/mol. The van der Waals surface area contributed by atoms with Gasteiger partial charge in [-0.2, -0.15) is 0 Å². The minimum Gasteiger partial charge on any atom is -0.355 e. The average molecular weight is 355 g/mol. The summed E-state index contributed by atoms with van der Waals surface area (Å²) in [7, 11) is 0. The zero-order valence-corrected chi connectivity index (χ0v) is 14.9. The molecule has 0 radical (unpaired) electrons. The molecule has 1 aromatic carbocycles. The summed E-state index contributed by atoms with van der Waals surface area (Å²) < 4.78 is 0. The Hall–Kier alpha value is -1.79. The van der Waals surface area contributed by atoms with Gasteiger partial charge in [-0.3, -0.25) is 4.79 Å². The van der Waals surface area contributed by atoms with Crippen molar-refractivity contribution in [2.24, 2.45) is 5.92 Å². The number of benzene rings is 1. The van der Waals surface area contributed by atoms with Crippen LogP contribution in [0.5, 0.6) is 0 Å². The summed E-state index contributed by atoms with van der Waals surface area (Å²) in [5, 5.41) is 8.98. The summed E-state index contributed by atoms with van der Waals surface area (Å²) in [4.78, 5) is 26.2. The van der Waals surface area contributed by atoms with E-state index in [2.05, 4.69) is 16.0 Å². The van der Waals surface area contributed by atoms with Crippen LogP contribution in [0, 0.1) is 5.92 Å². The first-order valence-corrected chi connectivity index (χ1v) is 8.30. The van der Waals surface area contributed by atoms with E-state index in [-0.39, 0.29) is 30.3 Å². The lowest BCUT2D eigenvalue weighted by Crippen LogP contribution is -2.47. The highest BCUT2D eigenvalue weighted by Gasteiger charge is 2.28. The van der Waals surface area contributed by atoms with Crippen molar-refractivity contribution in [3.8, 4) is 0 Å². The van der Waals surface area contributed by atoms with Gasteiger partial charge in [-0.15, -0.1) is 12.4 Å². The van der Waals surface area contributed by atoms with Crippen LogP contribution in [0.4, 0.5) is 10.5 Å². The number of rotatable bonds is 6. The third kappa shape index (κ3) is 6.37. The lowest BCUT2D eigenvalue weighted by atomic mass is 9.97. The Labute approximate surface area is 149 Å². The Balaban J connectivity index is 0.00000288. The van der Waals surface area contributed by atoms with Crippen LogP contribution in [0.1, 0.15) is 19.8 Å². The molecule has 24 heavy (non-hydrogen) atoms. The number of nitrogens with zero attached hydrogens (tertiary/aromatic N) is 1. The molecule has 1 aromatic rings. The van der Waals surface area contributed by atoms with E-state index in [1.165, 1.54) is 0 Å². The Morgan fingerprint density at radius 2 is 1.96 bits per heavy atom. The van der Waals surface area contributed by atoms with Crippen LogP contribution in [-0.4, -0.2) is 49.6 Å². The van der Waals surface area contributed by atoms with Crippen molar-refractivity contribution in [1.82, 2.24) is 15.5 Å². The SMILES string of the molecule is CCNCCNC(=O)C1CCCN(C(=O)Nc2ccccc2)C1.Cl. The molecule has 6 nitrogen and oxygen atoms in total. The zero-order valence-electron chi connectivity index (χ0n) is 14.1. The van der Waals surface area contributed by atoms with E-state index in [4.69, 9.17) is 0 Å². The Morgan fingerprint density at radius 3 is 2.67 bits per heavy atom. The topological polar surface area (TPSA) is 73.5 Å². The third-order valence-electron chi connectivity index (χ3n) is 3.96. The molecular formula is C17H27ClN4O2. The largest absolute Gasteiger partial charge is 0.355 e. The van der Waals surface area contributed by atoms with Crippen molar-refractivity contribution in [3.63, 3.8) is 0 Å². The first kappa shape index (κ1) is 20.3. The van der Waals surface area contributed by atoms with E-state index in [0.29, 0.717) is 19.6 Å². The van der Waals surface area contributed by atoms with Crippen LogP contribution in [0.2, 0.25) is 0 Å². The van der Waals surface area contributed by atoms with Gasteiger partial charge in [0.05, 0.1) is 5.92 Å². The molecule has 1 atom stereocenters. The smallest absolute Gasteiger partial charge is 0.321 e. The molecule has 1 aliphatic heterocycles. The molecule has 3 N–H and O–H groups in total. The van der Waals surface area contributed by atoms with Crippen LogP contribution >= 0.6 is 12.4 Å². The second kappa shape index (κ2) is 10.9. The number of hydrogen-bond acceptors (Lipinski definition) is 3. The molecule has 1 saturated heterocycles. The highest BCUT2D eigenvalue weighted by Crippen LogP contribution is 2.18. The normalized spacial score (nSPS) is 16.9. The van der Waals surface area contributed by atoms with E-state index in [0.717, 1.165) is 31.6 Å². The second-order valence-electron chi connectivity index (χ2n) is 5.73. The van der Waals surface area contributed by atoms with Crippen LogP contribution < -0.4 is 16.0 Å². The Morgan fingerprint density at radius 1 is 1.21 bits per heavy atom. The summed E-state index contributed by atoms with van der Waals surface area (Å²) >= 11 is 0. The summed E-state index contributed by atoms with van der Waals surface area (Å²) in [6, 6.07) is 9.24. The number of carbonyl (C=O) groups is 2. The fourth-order valence-electron chi connectivity index (χ4n) is 2.69. The number of urea groups is 1. The Bertz CT molecular complexity index is 513. The maximum atomic E-state index is 12.3. The number of para-hydroxylation sites is 1. The molecule has 1 unspecified atom stereocenters. The number of amides is 3. The highest BCUT2D eigenvalue weighted by molar-refractivity contribution is 5.90. The molecule has 0 aliphatic carbocycles. The Kier molecular flexibility index (Phi) is 9.19. The summed E-state index contributed by atoms with van der Waals surface area (Å²) in [6.45, 7) is 5.50. The maximum absolute atomic E-state index is 12.3. The van der Waals surface area contributed by atoms with E-state index in [1.54, 1.807) is 4.90 Å². The fraction of sp³-hybridized carbons (Fsp3) is 0.529. The second-order valence-corrected chi connectivity index (χ2v) is 5.73. The standard InChI is InChI=1S/C17H26N4O2.ClH/c1-2-18-10-11-19-16(22)14-7-6-12-21(13-14)17(23)20-15-8-4-3-5-9-15;/h3-5,8-9,14,18H,2,6-7,10-13H2,1H3,(H,19,22)(H,20,23);1H. The maximum Gasteiger partial charge on any atom is 0.321 e. The summed E-state index contributed by atoms with van der Waals surface area (Å²) in [6.07, 6.45) is 1.69. The third-order valence-corrected chi connectivity index (χ3v) is 3.96. The van der Waals surface area contributed by atoms with Crippen molar-refractivity contribution < 1.29 is 9.59 Å². The fourth-order valence-corrected chi connectivity index (χ4v) is 2.69. The molecule has 0 bridgehead atoms. The number of likely N-dealkylation sites (N-methyl/N-ethyl adjacent to an activating group) is 1. The molecule has 3 amide bonds. The van der Waals surface area contributed by atoms with Crippen LogP contribution in [-0.2, 0) is 4.79 Å². The van der Waals surface area contributed by atoms with E-state index in [9.17, 15) is 9.59 Å². The van der Waals surface area contributed by atoms with Gasteiger partial charge in [0.2, 0.25) is 5.91 Å². The lowest BCUT2D eigenvalue weighted by Gasteiger charge is -2.32. The molecule has 2 rings (SSSR count). The first-order chi connectivity index (χ1) is 11.2. The van der Waals surface area contributed by atoms with Crippen LogP contribution in [0.25, 0.3) is 0 Å². The van der Waals surface area contributed by atoms with Crippen molar-refractivity contribution in [2.45, 2.75) is 19.8 Å². The van der Waals surface area contributed by atoms with Gasteiger partial charge < -0.3 is 20.9 Å². The number of likely N-dealkylation sites (tertiary alicyclic amines) is 1. The highest BCUT2D eigenvalue weighted by atomic mass is 35.5. The average Bonchev–Trinajstić information content (AvgIpc) is 2.59. The number of hydrogen-bond donors (Lipinski definition) is 3. The van der Waals surface area contributed by atoms with Gasteiger partial charge in [-0.25, -0.2) is 4.79 Å². The van der Waals surface area contributed by atoms with Gasteiger partial charge >= 0.3 is 6.03 Å². The van der Waals surface area contributed by atoms with Crippen molar-refractivity contribution in [1.29, 1.82) is 0 Å². The number of carbonyl (C=O) groups excluding carboxylic acids is 2. The van der Waals surface area contributed by atoms with Crippen LogP contribution in [0.3, 0.4) is 0 Å². The zero-order chi connectivity index (χ0) is 16.5. The number of anilines is 1. The van der Waals surface area contributed by atoms with E-state index >= 15 is 0 Å². The lowest BCUT2D eigenvalue weighted by molar-refractivity contribution is -0.126. The molecule has 1 heterocycles. The van der Waals surface area contributed by atoms with Gasteiger partial charge in [0, 0.05) is 31.9 Å². The van der Waals surface area contributed by atoms with Gasteiger partial charge in [0.25, 0.3) is 0 Å². The predicted octanol–water partition coefficient (Wildman–Crippen LogP) is 2.08. The molecule has 134 valence electrons. The first-order valence-electron chi connectivity index (χ1n) is 8.30. The monoisotopic (exact) mass is 354 g/mol. The van der Waals surface area contributed by atoms with E-state index < -0.39 is 0 Å². The van der Waals surface area contributed by atoms with Gasteiger partial charge in [-0.1, -0.05) is 25.1 Å². The van der Waals surface area contributed by atoms with Crippen molar-refractivity contribution in [3.05, 3.63) is 30.3 Å². The summed E-state index contributed by atoms with van der Waals surface area (Å²) in [5.41, 5.74) is 0.773. The molecule has 0 spiro atoms. The van der Waals surface area contributed by atoms with Gasteiger partial charge in [-0.05, 0) is 31.5 Å². The molecule has 1 aliphatic rings.